The highest BCUT2D eigenvalue weighted by molar-refractivity contribution is 8.16. The molecule has 78 valence electrons. The lowest BCUT2D eigenvalue weighted by atomic mass is 10.1. The average molecular weight is 226 g/mol. The minimum absolute atomic E-state index is 0.203. The maximum atomic E-state index is 13.4. The largest absolute Gasteiger partial charge is 0.378 e. The molecule has 0 radical (unpaired) electrons. The van der Waals surface area contributed by atoms with Gasteiger partial charge in [0, 0.05) is 5.56 Å². The summed E-state index contributed by atoms with van der Waals surface area (Å²) in [6.45, 7) is 0. The molecule has 0 aromatic heterocycles. The number of hydrogen-bond donors (Lipinski definition) is 1. The van der Waals surface area contributed by atoms with E-state index in [9.17, 15) is 8.78 Å². The third-order valence-corrected chi connectivity index (χ3v) is 2.66. The van der Waals surface area contributed by atoms with Gasteiger partial charge in [0.05, 0.1) is 6.04 Å². The Morgan fingerprint density at radius 2 is 2.13 bits per heavy atom. The highest BCUT2D eigenvalue weighted by atomic mass is 32.2. The highest BCUT2D eigenvalue weighted by Gasteiger charge is 2.17. The number of hydrogen-bond acceptors (Lipinski definition) is 3. The molecule has 1 atom stereocenters. The summed E-state index contributed by atoms with van der Waals surface area (Å²) in [4.78, 5) is 4.02. The molecule has 15 heavy (non-hydrogen) atoms. The maximum Gasteiger partial charge on any atom is 0.164 e. The Bertz CT molecular complexity index is 443. The van der Waals surface area contributed by atoms with Crippen LogP contribution in [0.5, 0.6) is 0 Å². The Kier molecular flexibility index (Phi) is 2.73. The molecular weight excluding hydrogens is 218 g/mol. The van der Waals surface area contributed by atoms with Gasteiger partial charge < -0.3 is 5.73 Å². The van der Waals surface area contributed by atoms with Crippen LogP contribution in [0.3, 0.4) is 0 Å². The van der Waals surface area contributed by atoms with E-state index in [0.29, 0.717) is 5.17 Å². The van der Waals surface area contributed by atoms with E-state index in [-0.39, 0.29) is 5.56 Å². The van der Waals surface area contributed by atoms with Crippen LogP contribution in [-0.4, -0.2) is 5.17 Å². The predicted molar refractivity (Wildman–Crippen MR) is 57.5 cm³/mol. The fraction of sp³-hybridized carbons (Fsp3) is 0.100. The summed E-state index contributed by atoms with van der Waals surface area (Å²) >= 11 is 1.26. The van der Waals surface area contributed by atoms with Crippen LogP contribution in [0.15, 0.2) is 34.7 Å². The highest BCUT2D eigenvalue weighted by Crippen LogP contribution is 2.28. The molecule has 2 rings (SSSR count). The summed E-state index contributed by atoms with van der Waals surface area (Å²) in [7, 11) is 0. The molecule has 0 bridgehead atoms. The Labute approximate surface area is 89.9 Å². The fourth-order valence-corrected chi connectivity index (χ4v) is 1.86. The van der Waals surface area contributed by atoms with E-state index in [4.69, 9.17) is 5.73 Å². The SMILES string of the molecule is NC1=NC(c2cccc(F)c2F)C=CS1. The van der Waals surface area contributed by atoms with Crippen molar-refractivity contribution in [3.8, 4) is 0 Å². The van der Waals surface area contributed by atoms with E-state index in [1.165, 1.54) is 23.9 Å². The molecule has 0 amide bonds. The molecular formula is C10H8F2N2S. The number of rotatable bonds is 1. The van der Waals surface area contributed by atoms with E-state index in [2.05, 4.69) is 4.99 Å². The summed E-state index contributed by atoms with van der Waals surface area (Å²) in [6, 6.07) is 3.50. The van der Waals surface area contributed by atoms with Gasteiger partial charge in [-0.05, 0) is 17.6 Å². The molecule has 0 fully saturated rings. The van der Waals surface area contributed by atoms with Gasteiger partial charge in [0.1, 0.15) is 0 Å². The third kappa shape index (κ3) is 2.02. The summed E-state index contributed by atoms with van der Waals surface area (Å²) < 4.78 is 26.3. The standard InChI is InChI=1S/C10H8F2N2S/c11-7-3-1-2-6(9(7)12)8-4-5-15-10(13)14-8/h1-5,8H,(H2,13,14). The first-order valence-electron chi connectivity index (χ1n) is 4.29. The Morgan fingerprint density at radius 3 is 2.87 bits per heavy atom. The molecule has 1 aromatic carbocycles. The number of thioether (sulfide) groups is 1. The minimum atomic E-state index is -0.868. The maximum absolute atomic E-state index is 13.4. The van der Waals surface area contributed by atoms with E-state index < -0.39 is 17.7 Å². The second kappa shape index (κ2) is 4.02. The van der Waals surface area contributed by atoms with Gasteiger partial charge in [0.25, 0.3) is 0 Å². The quantitative estimate of drug-likeness (QED) is 0.799. The van der Waals surface area contributed by atoms with Crippen LogP contribution in [0, 0.1) is 11.6 Å². The lowest BCUT2D eigenvalue weighted by Crippen LogP contribution is -2.11. The van der Waals surface area contributed by atoms with Gasteiger partial charge in [-0.3, -0.25) is 4.99 Å². The summed E-state index contributed by atoms with van der Waals surface area (Å²) in [6.07, 6.45) is 1.68. The van der Waals surface area contributed by atoms with E-state index >= 15 is 0 Å². The van der Waals surface area contributed by atoms with Crippen molar-refractivity contribution in [1.29, 1.82) is 0 Å². The topological polar surface area (TPSA) is 38.4 Å². The first-order valence-corrected chi connectivity index (χ1v) is 5.17. The molecule has 1 aliphatic rings. The minimum Gasteiger partial charge on any atom is -0.378 e. The van der Waals surface area contributed by atoms with Gasteiger partial charge >= 0.3 is 0 Å². The van der Waals surface area contributed by atoms with Gasteiger partial charge in [-0.2, -0.15) is 0 Å². The summed E-state index contributed by atoms with van der Waals surface area (Å²) in [5, 5.41) is 2.07. The first-order chi connectivity index (χ1) is 7.18. The lowest BCUT2D eigenvalue weighted by Gasteiger charge is -2.13. The molecule has 1 unspecified atom stereocenters. The molecule has 0 spiro atoms. The van der Waals surface area contributed by atoms with E-state index in [0.717, 1.165) is 6.07 Å². The lowest BCUT2D eigenvalue weighted by molar-refractivity contribution is 0.495. The van der Waals surface area contributed by atoms with Crippen LogP contribution in [0.2, 0.25) is 0 Å². The van der Waals surface area contributed by atoms with Crippen LogP contribution in [0.1, 0.15) is 11.6 Å². The van der Waals surface area contributed by atoms with Gasteiger partial charge in [-0.25, -0.2) is 8.78 Å². The first kappa shape index (κ1) is 10.2. The molecule has 1 aliphatic heterocycles. The molecule has 0 saturated carbocycles. The number of benzene rings is 1. The van der Waals surface area contributed by atoms with Gasteiger partial charge in [0.15, 0.2) is 16.8 Å². The van der Waals surface area contributed by atoms with Crippen molar-refractivity contribution < 1.29 is 8.78 Å². The van der Waals surface area contributed by atoms with Crippen molar-refractivity contribution in [3.63, 3.8) is 0 Å². The zero-order chi connectivity index (χ0) is 10.8. The molecule has 1 heterocycles. The monoisotopic (exact) mass is 226 g/mol. The molecule has 5 heteroatoms. The number of amidine groups is 1. The predicted octanol–water partition coefficient (Wildman–Crippen LogP) is 2.58. The van der Waals surface area contributed by atoms with Crippen LogP contribution in [-0.2, 0) is 0 Å². The second-order valence-electron chi connectivity index (χ2n) is 3.00. The van der Waals surface area contributed by atoms with Gasteiger partial charge in [-0.15, -0.1) is 0 Å². The Balaban J connectivity index is 2.41. The number of aliphatic imine (C=N–C) groups is 1. The van der Waals surface area contributed by atoms with Crippen LogP contribution >= 0.6 is 11.8 Å². The van der Waals surface area contributed by atoms with E-state index in [1.54, 1.807) is 11.5 Å². The molecule has 0 saturated heterocycles. The fourth-order valence-electron chi connectivity index (χ4n) is 1.32. The van der Waals surface area contributed by atoms with Crippen molar-refractivity contribution in [2.45, 2.75) is 6.04 Å². The van der Waals surface area contributed by atoms with Crippen LogP contribution in [0.25, 0.3) is 0 Å². The molecule has 2 N–H and O–H groups in total. The average Bonchev–Trinajstić information content (AvgIpc) is 2.22. The van der Waals surface area contributed by atoms with Crippen molar-refractivity contribution in [2.75, 3.05) is 0 Å². The Hall–Kier alpha value is -1.36. The van der Waals surface area contributed by atoms with Crippen molar-refractivity contribution in [2.24, 2.45) is 10.7 Å². The van der Waals surface area contributed by atoms with Crippen molar-refractivity contribution in [3.05, 3.63) is 46.9 Å². The van der Waals surface area contributed by atoms with E-state index in [1.807, 2.05) is 0 Å². The van der Waals surface area contributed by atoms with Crippen molar-refractivity contribution >= 4 is 16.9 Å². The van der Waals surface area contributed by atoms with Crippen LogP contribution in [0.4, 0.5) is 8.78 Å². The number of nitrogens with zero attached hydrogens (tertiary/aromatic N) is 1. The normalized spacial score (nSPS) is 20.1. The zero-order valence-corrected chi connectivity index (χ0v) is 8.47. The van der Waals surface area contributed by atoms with Gasteiger partial charge in [-0.1, -0.05) is 23.9 Å². The number of halogens is 2. The third-order valence-electron chi connectivity index (χ3n) is 2.02. The van der Waals surface area contributed by atoms with Crippen LogP contribution < -0.4 is 5.73 Å². The summed E-state index contributed by atoms with van der Waals surface area (Å²) in [5.74, 6) is -1.73. The Morgan fingerprint density at radius 1 is 1.33 bits per heavy atom. The number of nitrogens with two attached hydrogens (primary N) is 1. The molecule has 1 aromatic rings. The zero-order valence-electron chi connectivity index (χ0n) is 7.65. The second-order valence-corrected chi connectivity index (χ2v) is 3.93. The summed E-state index contributed by atoms with van der Waals surface area (Å²) in [5.41, 5.74) is 5.70. The molecule has 2 nitrogen and oxygen atoms in total. The molecule has 0 aliphatic carbocycles. The van der Waals surface area contributed by atoms with Crippen molar-refractivity contribution in [1.82, 2.24) is 0 Å². The smallest absolute Gasteiger partial charge is 0.164 e. The van der Waals surface area contributed by atoms with Gasteiger partial charge in [0.2, 0.25) is 0 Å².